The minimum atomic E-state index is -0.0980. The van der Waals surface area contributed by atoms with Gasteiger partial charge >= 0.3 is 0 Å². The number of nitrogens with two attached hydrogens (primary N) is 1. The fourth-order valence-electron chi connectivity index (χ4n) is 1.81. The molecular formula is C14H16N4O. The molecule has 0 fully saturated rings. The van der Waals surface area contributed by atoms with Crippen molar-refractivity contribution in [2.24, 2.45) is 5.84 Å². The number of nitrogens with one attached hydrogen (secondary N) is 1. The lowest BCUT2D eigenvalue weighted by Crippen LogP contribution is -2.27. The van der Waals surface area contributed by atoms with Gasteiger partial charge in [-0.2, -0.15) is 0 Å². The van der Waals surface area contributed by atoms with Crippen LogP contribution in [0.1, 0.15) is 16.1 Å². The van der Waals surface area contributed by atoms with Crippen LogP contribution in [0.3, 0.4) is 0 Å². The van der Waals surface area contributed by atoms with Crippen molar-refractivity contribution in [1.29, 1.82) is 0 Å². The van der Waals surface area contributed by atoms with Gasteiger partial charge in [-0.15, -0.1) is 0 Å². The minimum Gasteiger partial charge on any atom is -0.336 e. The molecule has 0 spiro atoms. The summed E-state index contributed by atoms with van der Waals surface area (Å²) < 4.78 is 0. The summed E-state index contributed by atoms with van der Waals surface area (Å²) in [5.41, 5.74) is 4.53. The first kappa shape index (κ1) is 13.0. The van der Waals surface area contributed by atoms with Gasteiger partial charge in [-0.05, 0) is 24.3 Å². The van der Waals surface area contributed by atoms with Crippen LogP contribution in [0.4, 0.5) is 5.69 Å². The largest absolute Gasteiger partial charge is 0.336 e. The molecule has 0 aliphatic heterocycles. The Kier molecular flexibility index (Phi) is 4.10. The third kappa shape index (κ3) is 3.08. The molecule has 0 saturated carbocycles. The summed E-state index contributed by atoms with van der Waals surface area (Å²) in [6, 6.07) is 12.8. The number of para-hydroxylation sites is 1. The zero-order valence-electron chi connectivity index (χ0n) is 10.7. The van der Waals surface area contributed by atoms with Gasteiger partial charge in [-0.3, -0.25) is 15.6 Å². The van der Waals surface area contributed by atoms with Crippen molar-refractivity contribution in [2.45, 2.75) is 6.54 Å². The predicted octanol–water partition coefficient (Wildman–Crippen LogP) is 1.64. The van der Waals surface area contributed by atoms with E-state index in [4.69, 9.17) is 5.84 Å². The molecule has 2 aromatic rings. The Balaban J connectivity index is 2.15. The zero-order chi connectivity index (χ0) is 13.7. The molecule has 1 aromatic heterocycles. The van der Waals surface area contributed by atoms with Gasteiger partial charge in [0.1, 0.15) is 0 Å². The third-order valence-electron chi connectivity index (χ3n) is 2.78. The molecule has 1 heterocycles. The maximum Gasteiger partial charge on any atom is 0.256 e. The standard InChI is InChI=1S/C14H16N4O/c1-18(10-11-6-4-5-9-16-11)14(19)12-7-2-3-8-13(12)17-15/h2-9,17H,10,15H2,1H3. The maximum atomic E-state index is 12.3. The molecule has 0 radical (unpaired) electrons. The van der Waals surface area contributed by atoms with Gasteiger partial charge in [-0.25, -0.2) is 0 Å². The Morgan fingerprint density at radius 3 is 2.68 bits per heavy atom. The van der Waals surface area contributed by atoms with E-state index in [2.05, 4.69) is 10.4 Å². The van der Waals surface area contributed by atoms with E-state index in [9.17, 15) is 4.79 Å². The van der Waals surface area contributed by atoms with Crippen molar-refractivity contribution in [1.82, 2.24) is 9.88 Å². The first-order chi connectivity index (χ1) is 9.22. The van der Waals surface area contributed by atoms with E-state index >= 15 is 0 Å². The number of anilines is 1. The second-order valence-corrected chi connectivity index (χ2v) is 4.17. The smallest absolute Gasteiger partial charge is 0.256 e. The Labute approximate surface area is 112 Å². The number of aromatic nitrogens is 1. The van der Waals surface area contributed by atoms with Crippen LogP contribution in [-0.2, 0) is 6.54 Å². The number of benzene rings is 1. The van der Waals surface area contributed by atoms with Crippen LogP contribution in [-0.4, -0.2) is 22.8 Å². The van der Waals surface area contributed by atoms with E-state index in [0.717, 1.165) is 5.69 Å². The van der Waals surface area contributed by atoms with Crippen LogP contribution in [0.5, 0.6) is 0 Å². The molecule has 5 nitrogen and oxygen atoms in total. The fraction of sp³-hybridized carbons (Fsp3) is 0.143. The van der Waals surface area contributed by atoms with Crippen molar-refractivity contribution < 1.29 is 4.79 Å². The molecule has 19 heavy (non-hydrogen) atoms. The van der Waals surface area contributed by atoms with E-state index in [0.29, 0.717) is 17.8 Å². The number of nitrogen functional groups attached to an aromatic ring is 1. The quantitative estimate of drug-likeness (QED) is 0.644. The fourth-order valence-corrected chi connectivity index (χ4v) is 1.81. The number of hydrazine groups is 1. The number of rotatable bonds is 4. The van der Waals surface area contributed by atoms with Crippen LogP contribution >= 0.6 is 0 Å². The van der Waals surface area contributed by atoms with Crippen LogP contribution in [0, 0.1) is 0 Å². The highest BCUT2D eigenvalue weighted by Crippen LogP contribution is 2.16. The lowest BCUT2D eigenvalue weighted by atomic mass is 10.1. The van der Waals surface area contributed by atoms with Crippen LogP contribution in [0.2, 0.25) is 0 Å². The summed E-state index contributed by atoms with van der Waals surface area (Å²) in [5.74, 6) is 5.31. The van der Waals surface area contributed by atoms with Crippen LogP contribution < -0.4 is 11.3 Å². The zero-order valence-corrected chi connectivity index (χ0v) is 10.7. The molecule has 0 atom stereocenters. The SMILES string of the molecule is CN(Cc1ccccn1)C(=O)c1ccccc1NN. The molecule has 1 amide bonds. The predicted molar refractivity (Wildman–Crippen MR) is 74.3 cm³/mol. The average Bonchev–Trinajstić information content (AvgIpc) is 2.47. The van der Waals surface area contributed by atoms with Gasteiger partial charge < -0.3 is 10.3 Å². The molecule has 1 aromatic carbocycles. The lowest BCUT2D eigenvalue weighted by molar-refractivity contribution is 0.0784. The van der Waals surface area contributed by atoms with Crippen molar-refractivity contribution in [2.75, 3.05) is 12.5 Å². The van der Waals surface area contributed by atoms with Crippen molar-refractivity contribution in [3.8, 4) is 0 Å². The molecule has 0 aliphatic rings. The Bertz CT molecular complexity index is 556. The van der Waals surface area contributed by atoms with Gasteiger partial charge in [0, 0.05) is 13.2 Å². The first-order valence-electron chi connectivity index (χ1n) is 5.93. The third-order valence-corrected chi connectivity index (χ3v) is 2.78. The molecular weight excluding hydrogens is 240 g/mol. The minimum absolute atomic E-state index is 0.0980. The van der Waals surface area contributed by atoms with E-state index in [1.165, 1.54) is 0 Å². The van der Waals surface area contributed by atoms with Crippen molar-refractivity contribution in [3.63, 3.8) is 0 Å². The number of nitrogens with zero attached hydrogens (tertiary/aromatic N) is 2. The van der Waals surface area contributed by atoms with Crippen LogP contribution in [0.15, 0.2) is 48.7 Å². The number of carbonyl (C=O) groups is 1. The molecule has 5 heteroatoms. The molecule has 0 saturated heterocycles. The van der Waals surface area contributed by atoms with E-state index in [-0.39, 0.29) is 5.91 Å². The van der Waals surface area contributed by atoms with E-state index in [1.54, 1.807) is 30.3 Å². The van der Waals surface area contributed by atoms with Crippen LogP contribution in [0.25, 0.3) is 0 Å². The first-order valence-corrected chi connectivity index (χ1v) is 5.93. The normalized spacial score (nSPS) is 10.0. The molecule has 98 valence electrons. The Hall–Kier alpha value is -2.40. The molecule has 3 N–H and O–H groups in total. The number of amides is 1. The highest BCUT2D eigenvalue weighted by Gasteiger charge is 2.15. The van der Waals surface area contributed by atoms with Gasteiger partial charge in [0.05, 0.1) is 23.5 Å². The highest BCUT2D eigenvalue weighted by atomic mass is 16.2. The second-order valence-electron chi connectivity index (χ2n) is 4.17. The monoisotopic (exact) mass is 256 g/mol. The lowest BCUT2D eigenvalue weighted by Gasteiger charge is -2.18. The second kappa shape index (κ2) is 5.97. The van der Waals surface area contributed by atoms with Gasteiger partial charge in [-0.1, -0.05) is 18.2 Å². The van der Waals surface area contributed by atoms with Crippen molar-refractivity contribution in [3.05, 3.63) is 59.9 Å². The van der Waals surface area contributed by atoms with E-state index in [1.807, 2.05) is 30.3 Å². The van der Waals surface area contributed by atoms with Gasteiger partial charge in [0.2, 0.25) is 0 Å². The highest BCUT2D eigenvalue weighted by molar-refractivity contribution is 5.99. The molecule has 0 bridgehead atoms. The summed E-state index contributed by atoms with van der Waals surface area (Å²) >= 11 is 0. The average molecular weight is 256 g/mol. The molecule has 2 rings (SSSR count). The summed E-state index contributed by atoms with van der Waals surface area (Å²) in [4.78, 5) is 18.1. The topological polar surface area (TPSA) is 71.2 Å². The Morgan fingerprint density at radius 1 is 1.26 bits per heavy atom. The van der Waals surface area contributed by atoms with Crippen molar-refractivity contribution >= 4 is 11.6 Å². The van der Waals surface area contributed by atoms with Gasteiger partial charge in [0.25, 0.3) is 5.91 Å². The summed E-state index contributed by atoms with van der Waals surface area (Å²) in [7, 11) is 1.74. The number of pyridine rings is 1. The molecule has 0 unspecified atom stereocenters. The summed E-state index contributed by atoms with van der Waals surface area (Å²) in [6.07, 6.45) is 1.71. The summed E-state index contributed by atoms with van der Waals surface area (Å²) in [6.45, 7) is 0.457. The number of carbonyl (C=O) groups excluding carboxylic acids is 1. The number of hydrogen-bond donors (Lipinski definition) is 2. The Morgan fingerprint density at radius 2 is 2.00 bits per heavy atom. The van der Waals surface area contributed by atoms with E-state index < -0.39 is 0 Å². The molecule has 0 aliphatic carbocycles. The van der Waals surface area contributed by atoms with Gasteiger partial charge in [0.15, 0.2) is 0 Å². The number of hydrogen-bond acceptors (Lipinski definition) is 4. The summed E-state index contributed by atoms with van der Waals surface area (Å²) in [5, 5.41) is 0. The maximum absolute atomic E-state index is 12.3.